The molecule has 0 saturated carbocycles. The van der Waals surface area contributed by atoms with E-state index < -0.39 is 0 Å². The quantitative estimate of drug-likeness (QED) is 0.208. The fourth-order valence-electron chi connectivity index (χ4n) is 4.03. The van der Waals surface area contributed by atoms with Crippen LogP contribution in [0.4, 0.5) is 0 Å². The van der Waals surface area contributed by atoms with Gasteiger partial charge in [0.1, 0.15) is 0 Å². The minimum atomic E-state index is 0.773. The van der Waals surface area contributed by atoms with Gasteiger partial charge in [0.25, 0.3) is 0 Å². The molecule has 2 aliphatic heterocycles. The topological polar surface area (TPSA) is 57.4 Å². The largest absolute Gasteiger partial charge is 0.355 e. The van der Waals surface area contributed by atoms with Crippen LogP contribution in [0.25, 0.3) is 41.1 Å². The fraction of sp³-hybridized carbons (Fsp3) is 0. The van der Waals surface area contributed by atoms with E-state index in [0.29, 0.717) is 0 Å². The molecule has 34 heavy (non-hydrogen) atoms. The molecule has 5 heterocycles. The molecule has 4 aromatic rings. The van der Waals surface area contributed by atoms with Gasteiger partial charge >= 0.3 is 0 Å². The molecule has 0 fully saturated rings. The summed E-state index contributed by atoms with van der Waals surface area (Å²) in [5.41, 5.74) is 9.29. The summed E-state index contributed by atoms with van der Waals surface area (Å²) in [6.45, 7) is 0. The highest BCUT2D eigenvalue weighted by Gasteiger charge is 2.26. The van der Waals surface area contributed by atoms with Crippen molar-refractivity contribution in [1.82, 2.24) is 19.9 Å². The van der Waals surface area contributed by atoms with Gasteiger partial charge in [0.05, 0.1) is 40.7 Å². The average molecular weight is 702 g/mol. The van der Waals surface area contributed by atoms with E-state index in [-0.39, 0.29) is 0 Å². The lowest BCUT2D eigenvalue weighted by Crippen LogP contribution is -1.85. The summed E-state index contributed by atoms with van der Waals surface area (Å²) in [5, 5.41) is 0. The second kappa shape index (κ2) is 8.75. The summed E-state index contributed by atoms with van der Waals surface area (Å²) in [5.74, 6) is 0. The fourth-order valence-corrected chi connectivity index (χ4v) is 6.74. The van der Waals surface area contributed by atoms with E-state index in [9.17, 15) is 0 Å². The number of nitrogens with one attached hydrogen (secondary N) is 2. The normalized spacial score (nSPS) is 13.6. The first-order valence-corrected chi connectivity index (χ1v) is 13.5. The van der Waals surface area contributed by atoms with Crippen molar-refractivity contribution >= 4 is 105 Å². The van der Waals surface area contributed by atoms with Crippen molar-refractivity contribution in [3.63, 3.8) is 0 Å². The highest BCUT2D eigenvalue weighted by atomic mass is 79.9. The highest BCUT2D eigenvalue weighted by Crippen LogP contribution is 2.46. The maximum Gasteiger partial charge on any atom is 0.0955 e. The third-order valence-electron chi connectivity index (χ3n) is 5.61. The van der Waals surface area contributed by atoms with E-state index in [1.165, 1.54) is 0 Å². The molecular weight excluding hydrogens is 688 g/mol. The zero-order valence-corrected chi connectivity index (χ0v) is 23.7. The standard InChI is InChI=1S/C26H14Br4N4/c27-21-19-12-17-9-7-15(32-17)10-14-6-8-16(31-14)11-18-20(13-4-2-1-3-5-13)22(28)25(33-18)24(30)26(34-19)23(21)29/h1-12,31-32H. The van der Waals surface area contributed by atoms with Gasteiger partial charge in [0.2, 0.25) is 0 Å². The first kappa shape index (κ1) is 22.2. The third-order valence-corrected chi connectivity index (χ3v) is 9.24. The summed E-state index contributed by atoms with van der Waals surface area (Å²) < 4.78 is 3.45. The second-order valence-corrected chi connectivity index (χ2v) is 11.0. The minimum Gasteiger partial charge on any atom is -0.355 e. The van der Waals surface area contributed by atoms with Gasteiger partial charge in [-0.1, -0.05) is 30.3 Å². The molecule has 3 aromatic heterocycles. The van der Waals surface area contributed by atoms with Crippen LogP contribution in [0, 0.1) is 0 Å². The second-order valence-electron chi connectivity index (χ2n) is 7.86. The van der Waals surface area contributed by atoms with Gasteiger partial charge in [-0.2, -0.15) is 0 Å². The number of rotatable bonds is 1. The lowest BCUT2D eigenvalue weighted by molar-refractivity contribution is 1.25. The van der Waals surface area contributed by atoms with Gasteiger partial charge in [0.15, 0.2) is 0 Å². The van der Waals surface area contributed by atoms with E-state index in [2.05, 4.69) is 116 Å². The summed E-state index contributed by atoms with van der Waals surface area (Å²) >= 11 is 15.1. The molecule has 0 spiro atoms. The van der Waals surface area contributed by atoms with Crippen molar-refractivity contribution in [2.75, 3.05) is 0 Å². The van der Waals surface area contributed by atoms with Gasteiger partial charge < -0.3 is 9.97 Å². The Hall–Kier alpha value is -2.26. The SMILES string of the molecule is BrC1=C(Br)c2nc1cc1ccc(cc3ccc(cc4nc(c2Br)C(Br)=C4c2ccccc2)[nH]3)[nH]1. The smallest absolute Gasteiger partial charge is 0.0955 e. The average Bonchev–Trinajstić information content (AvgIpc) is 3.59. The lowest BCUT2D eigenvalue weighted by atomic mass is 10.0. The number of hydrogen-bond acceptors (Lipinski definition) is 2. The Morgan fingerprint density at radius 1 is 0.529 bits per heavy atom. The number of H-pyrrole nitrogens is 2. The van der Waals surface area contributed by atoms with Crippen molar-refractivity contribution in [2.24, 2.45) is 0 Å². The molecule has 0 atom stereocenters. The van der Waals surface area contributed by atoms with Gasteiger partial charge in [-0.15, -0.1) is 0 Å². The monoisotopic (exact) mass is 698 g/mol. The molecular formula is C26H14Br4N4. The first-order chi connectivity index (χ1) is 16.5. The van der Waals surface area contributed by atoms with Crippen LogP contribution in [0.15, 0.2) is 77.3 Å². The predicted molar refractivity (Wildman–Crippen MR) is 155 cm³/mol. The molecule has 2 N–H and O–H groups in total. The number of aromatic nitrogens is 4. The lowest BCUT2D eigenvalue weighted by Gasteiger charge is -2.04. The molecule has 0 amide bonds. The van der Waals surface area contributed by atoms with Gasteiger partial charge in [0, 0.05) is 27.6 Å². The summed E-state index contributed by atoms with van der Waals surface area (Å²) in [6.07, 6.45) is 0. The van der Waals surface area contributed by atoms with E-state index in [1.54, 1.807) is 0 Å². The van der Waals surface area contributed by atoms with Crippen LogP contribution in [0.2, 0.25) is 0 Å². The van der Waals surface area contributed by atoms with Crippen LogP contribution in [-0.2, 0) is 0 Å². The van der Waals surface area contributed by atoms with Crippen LogP contribution in [0.5, 0.6) is 0 Å². The molecule has 0 aliphatic carbocycles. The predicted octanol–water partition coefficient (Wildman–Crippen LogP) is 9.00. The molecule has 4 nitrogen and oxygen atoms in total. The minimum absolute atomic E-state index is 0.773. The Kier molecular flexibility index (Phi) is 5.72. The zero-order chi connectivity index (χ0) is 23.4. The Bertz CT molecular complexity index is 1690. The number of benzene rings is 1. The molecule has 0 radical (unpaired) electrons. The van der Waals surface area contributed by atoms with E-state index in [0.717, 1.165) is 73.9 Å². The number of fused-ring (bicyclic) bond motifs is 8. The maximum absolute atomic E-state index is 5.04. The van der Waals surface area contributed by atoms with Crippen molar-refractivity contribution in [3.8, 4) is 0 Å². The number of hydrogen-bond donors (Lipinski definition) is 2. The van der Waals surface area contributed by atoms with E-state index in [1.807, 2.05) is 30.3 Å². The van der Waals surface area contributed by atoms with E-state index in [4.69, 9.17) is 9.97 Å². The number of halogens is 4. The summed E-state index contributed by atoms with van der Waals surface area (Å²) in [6, 6.07) is 24.7. The molecule has 0 saturated heterocycles. The molecule has 8 bridgehead atoms. The van der Waals surface area contributed by atoms with Crippen molar-refractivity contribution < 1.29 is 0 Å². The molecule has 0 unspecified atom stereocenters. The van der Waals surface area contributed by atoms with Crippen molar-refractivity contribution in [1.29, 1.82) is 0 Å². The summed E-state index contributed by atoms with van der Waals surface area (Å²) in [7, 11) is 0. The van der Waals surface area contributed by atoms with Crippen LogP contribution < -0.4 is 0 Å². The van der Waals surface area contributed by atoms with E-state index >= 15 is 0 Å². The Balaban J connectivity index is 1.76. The van der Waals surface area contributed by atoms with Crippen molar-refractivity contribution in [2.45, 2.75) is 0 Å². The maximum atomic E-state index is 5.04. The molecule has 166 valence electrons. The number of nitrogens with zero attached hydrogens (tertiary/aromatic N) is 2. The van der Waals surface area contributed by atoms with Crippen LogP contribution >= 0.6 is 63.7 Å². The van der Waals surface area contributed by atoms with Crippen LogP contribution in [0.3, 0.4) is 0 Å². The van der Waals surface area contributed by atoms with Gasteiger partial charge in [-0.05, 0) is 112 Å². The summed E-state index contributed by atoms with van der Waals surface area (Å²) in [4.78, 5) is 16.9. The Morgan fingerprint density at radius 3 is 1.71 bits per heavy atom. The third kappa shape index (κ3) is 3.86. The molecule has 8 heteroatoms. The molecule has 6 rings (SSSR count). The van der Waals surface area contributed by atoms with Crippen LogP contribution in [0.1, 0.15) is 28.3 Å². The van der Waals surface area contributed by atoms with Gasteiger partial charge in [-0.3, -0.25) is 0 Å². The number of aromatic amines is 2. The highest BCUT2D eigenvalue weighted by molar-refractivity contribution is 9.18. The van der Waals surface area contributed by atoms with Crippen LogP contribution in [-0.4, -0.2) is 19.9 Å². The zero-order valence-electron chi connectivity index (χ0n) is 17.3. The Labute approximate surface area is 228 Å². The molecule has 2 aliphatic rings. The first-order valence-electron chi connectivity index (χ1n) is 10.4. The Morgan fingerprint density at radius 2 is 1.06 bits per heavy atom. The van der Waals surface area contributed by atoms with Crippen molar-refractivity contribution in [3.05, 3.63) is 106 Å². The van der Waals surface area contributed by atoms with Gasteiger partial charge in [-0.25, -0.2) is 9.97 Å². The molecule has 1 aromatic carbocycles.